The minimum Gasteiger partial charge on any atom is -0.370 e. The molecule has 0 radical (unpaired) electrons. The Morgan fingerprint density at radius 3 is 2.44 bits per heavy atom. The SMILES string of the molecule is CCNc1ccc(N(C)C(=O)C(CC)CC)cn1. The van der Waals surface area contributed by atoms with Crippen LogP contribution in [0.3, 0.4) is 0 Å². The third-order valence-corrected chi connectivity index (χ3v) is 3.16. The van der Waals surface area contributed by atoms with Crippen LogP contribution >= 0.6 is 0 Å². The summed E-state index contributed by atoms with van der Waals surface area (Å²) in [4.78, 5) is 18.2. The summed E-state index contributed by atoms with van der Waals surface area (Å²) >= 11 is 0. The van der Waals surface area contributed by atoms with Crippen molar-refractivity contribution in [2.75, 3.05) is 23.8 Å². The van der Waals surface area contributed by atoms with E-state index in [4.69, 9.17) is 0 Å². The number of carbonyl (C=O) groups is 1. The standard InChI is InChI=1S/C14H23N3O/c1-5-11(6-2)14(18)17(4)12-8-9-13(15-7-3)16-10-12/h8-11H,5-7H2,1-4H3,(H,15,16). The molecule has 0 aliphatic rings. The molecule has 0 bridgehead atoms. The summed E-state index contributed by atoms with van der Waals surface area (Å²) in [5.41, 5.74) is 0.841. The van der Waals surface area contributed by atoms with Crippen molar-refractivity contribution in [3.8, 4) is 0 Å². The summed E-state index contributed by atoms with van der Waals surface area (Å²) < 4.78 is 0. The molecule has 0 unspecified atom stereocenters. The molecule has 18 heavy (non-hydrogen) atoms. The van der Waals surface area contributed by atoms with E-state index in [1.807, 2.05) is 40.0 Å². The first-order valence-corrected chi connectivity index (χ1v) is 6.61. The summed E-state index contributed by atoms with van der Waals surface area (Å²) in [7, 11) is 1.81. The molecule has 1 heterocycles. The van der Waals surface area contributed by atoms with E-state index in [0.29, 0.717) is 0 Å². The number of pyridine rings is 1. The summed E-state index contributed by atoms with van der Waals surface area (Å²) in [5, 5.41) is 3.13. The zero-order valence-corrected chi connectivity index (χ0v) is 11.7. The van der Waals surface area contributed by atoms with Crippen molar-refractivity contribution < 1.29 is 4.79 Å². The lowest BCUT2D eigenvalue weighted by atomic mass is 10.0. The van der Waals surface area contributed by atoms with Crippen molar-refractivity contribution in [3.63, 3.8) is 0 Å². The second-order valence-electron chi connectivity index (χ2n) is 4.34. The third-order valence-electron chi connectivity index (χ3n) is 3.16. The van der Waals surface area contributed by atoms with Crippen LogP contribution < -0.4 is 10.2 Å². The largest absolute Gasteiger partial charge is 0.370 e. The average Bonchev–Trinajstić information content (AvgIpc) is 2.40. The van der Waals surface area contributed by atoms with Crippen molar-refractivity contribution in [3.05, 3.63) is 18.3 Å². The van der Waals surface area contributed by atoms with E-state index < -0.39 is 0 Å². The van der Waals surface area contributed by atoms with Gasteiger partial charge in [-0.25, -0.2) is 4.98 Å². The van der Waals surface area contributed by atoms with Crippen molar-refractivity contribution in [2.24, 2.45) is 5.92 Å². The molecule has 100 valence electrons. The molecule has 1 rings (SSSR count). The lowest BCUT2D eigenvalue weighted by Crippen LogP contribution is -2.32. The Hall–Kier alpha value is -1.58. The Labute approximate surface area is 109 Å². The highest BCUT2D eigenvalue weighted by molar-refractivity contribution is 5.94. The number of anilines is 2. The highest BCUT2D eigenvalue weighted by atomic mass is 16.2. The van der Waals surface area contributed by atoms with Gasteiger partial charge in [-0.05, 0) is 31.9 Å². The first kappa shape index (κ1) is 14.5. The number of aromatic nitrogens is 1. The van der Waals surface area contributed by atoms with Crippen LogP contribution in [0.5, 0.6) is 0 Å². The van der Waals surface area contributed by atoms with Gasteiger partial charge in [0.15, 0.2) is 0 Å². The first-order chi connectivity index (χ1) is 8.63. The molecular weight excluding hydrogens is 226 g/mol. The Bertz CT molecular complexity index is 371. The smallest absolute Gasteiger partial charge is 0.229 e. The van der Waals surface area contributed by atoms with Crippen LogP contribution in [0.4, 0.5) is 11.5 Å². The van der Waals surface area contributed by atoms with Crippen LogP contribution in [0.25, 0.3) is 0 Å². The zero-order valence-electron chi connectivity index (χ0n) is 11.7. The number of hydrogen-bond donors (Lipinski definition) is 1. The maximum atomic E-state index is 12.2. The molecular formula is C14H23N3O. The normalized spacial score (nSPS) is 10.5. The second-order valence-corrected chi connectivity index (χ2v) is 4.34. The van der Waals surface area contributed by atoms with Gasteiger partial charge in [0.05, 0.1) is 11.9 Å². The molecule has 0 saturated heterocycles. The molecule has 1 N–H and O–H groups in total. The van der Waals surface area contributed by atoms with Gasteiger partial charge in [-0.2, -0.15) is 0 Å². The van der Waals surface area contributed by atoms with Gasteiger partial charge in [0.25, 0.3) is 0 Å². The van der Waals surface area contributed by atoms with E-state index in [9.17, 15) is 4.79 Å². The van der Waals surface area contributed by atoms with E-state index in [-0.39, 0.29) is 11.8 Å². The van der Waals surface area contributed by atoms with Crippen molar-refractivity contribution in [2.45, 2.75) is 33.6 Å². The van der Waals surface area contributed by atoms with Gasteiger partial charge in [-0.15, -0.1) is 0 Å². The number of hydrogen-bond acceptors (Lipinski definition) is 3. The maximum Gasteiger partial charge on any atom is 0.229 e. The fraction of sp³-hybridized carbons (Fsp3) is 0.571. The van der Waals surface area contributed by atoms with E-state index in [1.165, 1.54) is 0 Å². The van der Waals surface area contributed by atoms with Crippen molar-refractivity contribution in [1.82, 2.24) is 4.98 Å². The highest BCUT2D eigenvalue weighted by Crippen LogP contribution is 2.18. The Morgan fingerprint density at radius 1 is 1.33 bits per heavy atom. The molecule has 1 amide bonds. The molecule has 0 atom stereocenters. The van der Waals surface area contributed by atoms with Crippen LogP contribution in [0, 0.1) is 5.92 Å². The molecule has 0 saturated carbocycles. The first-order valence-electron chi connectivity index (χ1n) is 6.61. The lowest BCUT2D eigenvalue weighted by molar-refractivity contribution is -0.122. The van der Waals surface area contributed by atoms with Crippen LogP contribution in [0.1, 0.15) is 33.6 Å². The lowest BCUT2D eigenvalue weighted by Gasteiger charge is -2.22. The molecule has 1 aromatic heterocycles. The topological polar surface area (TPSA) is 45.2 Å². The van der Waals surface area contributed by atoms with Gasteiger partial charge in [0.1, 0.15) is 5.82 Å². The van der Waals surface area contributed by atoms with E-state index >= 15 is 0 Å². The molecule has 4 heteroatoms. The number of nitrogens with zero attached hydrogens (tertiary/aromatic N) is 2. The minimum atomic E-state index is 0.100. The van der Waals surface area contributed by atoms with Crippen LogP contribution in [-0.4, -0.2) is 24.5 Å². The predicted octanol–water partition coefficient (Wildman–Crippen LogP) is 2.91. The van der Waals surface area contributed by atoms with Gasteiger partial charge >= 0.3 is 0 Å². The fourth-order valence-electron chi connectivity index (χ4n) is 1.91. The summed E-state index contributed by atoms with van der Waals surface area (Å²) in [6.45, 7) is 6.96. The van der Waals surface area contributed by atoms with E-state index in [1.54, 1.807) is 11.1 Å². The van der Waals surface area contributed by atoms with E-state index in [0.717, 1.165) is 30.9 Å². The van der Waals surface area contributed by atoms with Gasteiger partial charge < -0.3 is 10.2 Å². The Kier molecular flexibility index (Phi) is 5.62. The Morgan fingerprint density at radius 2 is 2.00 bits per heavy atom. The highest BCUT2D eigenvalue weighted by Gasteiger charge is 2.19. The quantitative estimate of drug-likeness (QED) is 0.843. The average molecular weight is 249 g/mol. The van der Waals surface area contributed by atoms with Gasteiger partial charge in [0, 0.05) is 19.5 Å². The van der Waals surface area contributed by atoms with Gasteiger partial charge in [-0.1, -0.05) is 13.8 Å². The molecule has 0 aliphatic heterocycles. The van der Waals surface area contributed by atoms with Crippen molar-refractivity contribution >= 4 is 17.4 Å². The molecule has 0 aliphatic carbocycles. The van der Waals surface area contributed by atoms with Crippen LogP contribution in [-0.2, 0) is 4.79 Å². The van der Waals surface area contributed by atoms with Crippen LogP contribution in [0.2, 0.25) is 0 Å². The number of carbonyl (C=O) groups excluding carboxylic acids is 1. The predicted molar refractivity (Wildman–Crippen MR) is 75.9 cm³/mol. The number of nitrogens with one attached hydrogen (secondary N) is 1. The second kappa shape index (κ2) is 6.99. The van der Waals surface area contributed by atoms with Crippen LogP contribution in [0.15, 0.2) is 18.3 Å². The zero-order chi connectivity index (χ0) is 13.5. The van der Waals surface area contributed by atoms with Gasteiger partial charge in [0.2, 0.25) is 5.91 Å². The summed E-state index contributed by atoms with van der Waals surface area (Å²) in [6, 6.07) is 3.82. The molecule has 0 spiro atoms. The third kappa shape index (κ3) is 3.45. The monoisotopic (exact) mass is 249 g/mol. The Balaban J connectivity index is 2.77. The van der Waals surface area contributed by atoms with Crippen molar-refractivity contribution in [1.29, 1.82) is 0 Å². The molecule has 4 nitrogen and oxygen atoms in total. The summed E-state index contributed by atoms with van der Waals surface area (Å²) in [5.74, 6) is 1.10. The molecule has 0 fully saturated rings. The molecule has 1 aromatic rings. The number of amides is 1. The van der Waals surface area contributed by atoms with E-state index in [2.05, 4.69) is 10.3 Å². The van der Waals surface area contributed by atoms with Gasteiger partial charge in [-0.3, -0.25) is 4.79 Å². The fourth-order valence-corrected chi connectivity index (χ4v) is 1.91. The minimum absolute atomic E-state index is 0.100. The maximum absolute atomic E-state index is 12.2. The number of rotatable bonds is 6. The molecule has 0 aromatic carbocycles. The summed E-state index contributed by atoms with van der Waals surface area (Å²) in [6.07, 6.45) is 3.49.